The van der Waals surface area contributed by atoms with E-state index in [0.29, 0.717) is 9.76 Å². The van der Waals surface area contributed by atoms with Crippen LogP contribution in [0.4, 0.5) is 0 Å². The number of hydrogen-bond acceptors (Lipinski definition) is 3. The van der Waals surface area contributed by atoms with Crippen LogP contribution in [0.3, 0.4) is 0 Å². The van der Waals surface area contributed by atoms with E-state index in [0.717, 1.165) is 6.42 Å². The predicted octanol–water partition coefficient (Wildman–Crippen LogP) is 5.46. The van der Waals surface area contributed by atoms with Crippen molar-refractivity contribution < 1.29 is 4.79 Å². The molecule has 132 valence electrons. The molecule has 0 aromatic heterocycles. The first-order valence-electron chi connectivity index (χ1n) is 9.74. The van der Waals surface area contributed by atoms with Crippen LogP contribution in [0.2, 0.25) is 0 Å². The Balaban J connectivity index is 3.05. The summed E-state index contributed by atoms with van der Waals surface area (Å²) in [5.41, 5.74) is 0. The van der Waals surface area contributed by atoms with Crippen molar-refractivity contribution in [3.05, 3.63) is 0 Å². The monoisotopic (exact) mass is 516 g/mol. The van der Waals surface area contributed by atoms with Crippen LogP contribution >= 0.6 is 0 Å². The predicted molar refractivity (Wildman–Crippen MR) is 99.1 cm³/mol. The molecule has 0 saturated carbocycles. The molecule has 0 amide bonds. The Bertz CT molecular complexity index is 302. The molecule has 0 heterocycles. The van der Waals surface area contributed by atoms with Crippen molar-refractivity contribution >= 4 is 27.9 Å². The number of rotatable bonds is 18. The van der Waals surface area contributed by atoms with Crippen LogP contribution in [-0.2, 0) is 4.79 Å². The van der Waals surface area contributed by atoms with Gasteiger partial charge in [-0.2, -0.15) is 0 Å². The van der Waals surface area contributed by atoms with Gasteiger partial charge in [-0.1, -0.05) is 39.0 Å². The Morgan fingerprint density at radius 2 is 1.17 bits per heavy atom. The summed E-state index contributed by atoms with van der Waals surface area (Å²) in [5.74, 6) is 0. The van der Waals surface area contributed by atoms with Gasteiger partial charge in [0.25, 0.3) is 0 Å². The molecule has 0 bridgehead atoms. The Labute approximate surface area is 156 Å². The van der Waals surface area contributed by atoms with Gasteiger partial charge in [0, 0.05) is 0 Å². The van der Waals surface area contributed by atoms with Gasteiger partial charge in [0.2, 0.25) is 0 Å². The third-order valence-corrected chi connectivity index (χ3v) is 7.24. The molecule has 0 aliphatic rings. The SMILES string of the molecule is CCCCCCCCCCCCCCCCC[C](=O)[Pb][NH]C#N. The Hall–Kier alpha value is -0.118. The van der Waals surface area contributed by atoms with E-state index < -0.39 is 24.5 Å². The second kappa shape index (κ2) is 19.9. The van der Waals surface area contributed by atoms with Crippen molar-refractivity contribution in [2.24, 2.45) is 0 Å². The van der Waals surface area contributed by atoms with E-state index in [2.05, 4.69) is 10.1 Å². The van der Waals surface area contributed by atoms with Crippen LogP contribution < -0.4 is 3.13 Å². The van der Waals surface area contributed by atoms with Crippen molar-refractivity contribution in [2.45, 2.75) is 110 Å². The van der Waals surface area contributed by atoms with Crippen molar-refractivity contribution in [3.63, 3.8) is 0 Å². The maximum atomic E-state index is 11.4. The van der Waals surface area contributed by atoms with Crippen LogP contribution in [0, 0.1) is 11.5 Å². The normalized spacial score (nSPS) is 10.4. The van der Waals surface area contributed by atoms with E-state index in [1.54, 1.807) is 0 Å². The molecule has 3 nitrogen and oxygen atoms in total. The number of carbonyl (C=O) groups excluding carboxylic acids is 1. The van der Waals surface area contributed by atoms with Gasteiger partial charge in [0.05, 0.1) is 0 Å². The third kappa shape index (κ3) is 19.8. The van der Waals surface area contributed by atoms with Crippen LogP contribution in [-0.4, -0.2) is 27.9 Å². The number of nitrogens with zero attached hydrogens (tertiary/aromatic N) is 1. The fraction of sp³-hybridized carbons (Fsp3) is 0.895. The molecule has 0 aromatic carbocycles. The van der Waals surface area contributed by atoms with Gasteiger partial charge in [0.1, 0.15) is 0 Å². The van der Waals surface area contributed by atoms with E-state index in [1.165, 1.54) is 89.9 Å². The molecule has 0 spiro atoms. The minimum absolute atomic E-state index is 0.348. The van der Waals surface area contributed by atoms with Crippen molar-refractivity contribution in [1.82, 2.24) is 3.13 Å². The molecule has 0 saturated heterocycles. The van der Waals surface area contributed by atoms with Crippen molar-refractivity contribution in [2.75, 3.05) is 0 Å². The van der Waals surface area contributed by atoms with E-state index in [-0.39, 0.29) is 0 Å². The summed E-state index contributed by atoms with van der Waals surface area (Å²) >= 11 is -1.45. The van der Waals surface area contributed by atoms with Gasteiger partial charge < -0.3 is 0 Å². The second-order valence-electron chi connectivity index (χ2n) is 6.48. The maximum absolute atomic E-state index is 11.4. The summed E-state index contributed by atoms with van der Waals surface area (Å²) in [6.07, 6.45) is 22.9. The molecule has 0 aromatic rings. The third-order valence-electron chi connectivity index (χ3n) is 4.27. The average Bonchev–Trinajstić information content (AvgIpc) is 2.56. The van der Waals surface area contributed by atoms with Crippen molar-refractivity contribution in [3.8, 4) is 6.19 Å². The Morgan fingerprint density at radius 1 is 0.783 bits per heavy atom. The van der Waals surface area contributed by atoms with Crippen LogP contribution in [0.25, 0.3) is 0 Å². The first-order chi connectivity index (χ1) is 11.3. The molecule has 0 rings (SSSR count). The standard InChI is InChI=1S/C18H35O.CHN2.Pb/c1-2-3-4-5-6-7-8-9-10-11-12-13-14-15-16-17-18-19;2-1-3;/h2-17H2,1H3;2H;/q;-1;+1. The summed E-state index contributed by atoms with van der Waals surface area (Å²) in [7, 11) is 0. The van der Waals surface area contributed by atoms with Gasteiger partial charge in [0.15, 0.2) is 0 Å². The summed E-state index contributed by atoms with van der Waals surface area (Å²) in [6.45, 7) is 2.27. The topological polar surface area (TPSA) is 52.9 Å². The van der Waals surface area contributed by atoms with Gasteiger partial charge in [-0.15, -0.1) is 0 Å². The zero-order chi connectivity index (χ0) is 17.0. The molecule has 2 radical (unpaired) electrons. The van der Waals surface area contributed by atoms with E-state index in [9.17, 15) is 4.79 Å². The molecule has 1 N–H and O–H groups in total. The first-order valence-corrected chi connectivity index (χ1v) is 13.6. The average molecular weight is 516 g/mol. The number of nitrogens with one attached hydrogen (secondary N) is 1. The van der Waals surface area contributed by atoms with Crippen LogP contribution in [0.1, 0.15) is 110 Å². The summed E-state index contributed by atoms with van der Waals surface area (Å²) in [5, 5.41) is 8.35. The Kier molecular flexibility index (Phi) is 19.8. The van der Waals surface area contributed by atoms with E-state index >= 15 is 0 Å². The first kappa shape index (κ1) is 22.9. The molecule has 4 heteroatoms. The number of carbonyl (C=O) groups is 1. The summed E-state index contributed by atoms with van der Waals surface area (Å²) < 4.78 is 2.95. The molecule has 0 atom stereocenters. The fourth-order valence-electron chi connectivity index (χ4n) is 2.82. The van der Waals surface area contributed by atoms with Crippen LogP contribution in [0.5, 0.6) is 0 Å². The molecule has 0 aliphatic heterocycles. The molecule has 0 fully saturated rings. The van der Waals surface area contributed by atoms with E-state index in [1.807, 2.05) is 6.19 Å². The molecule has 0 unspecified atom stereocenters. The van der Waals surface area contributed by atoms with E-state index in [4.69, 9.17) is 5.26 Å². The summed E-state index contributed by atoms with van der Waals surface area (Å²) in [4.78, 5) is 11.4. The zero-order valence-electron chi connectivity index (χ0n) is 15.2. The van der Waals surface area contributed by atoms with Crippen molar-refractivity contribution in [1.29, 1.82) is 5.26 Å². The molecular formula is C19H36N2OPb. The second-order valence-corrected chi connectivity index (χ2v) is 10.6. The number of unbranched alkanes of at least 4 members (excludes halogenated alkanes) is 14. The van der Waals surface area contributed by atoms with Gasteiger partial charge in [-0.25, -0.2) is 0 Å². The fourth-order valence-corrected chi connectivity index (χ4v) is 4.75. The Morgan fingerprint density at radius 3 is 1.57 bits per heavy atom. The van der Waals surface area contributed by atoms with Gasteiger partial charge in [-0.3, -0.25) is 0 Å². The zero-order valence-corrected chi connectivity index (χ0v) is 19.1. The number of nitriles is 1. The van der Waals surface area contributed by atoms with Gasteiger partial charge >= 0.3 is 118 Å². The quantitative estimate of drug-likeness (QED) is 0.114. The van der Waals surface area contributed by atoms with Crippen LogP contribution in [0.15, 0.2) is 0 Å². The minimum atomic E-state index is -1.45. The van der Waals surface area contributed by atoms with Gasteiger partial charge in [-0.05, 0) is 0 Å². The molecule has 23 heavy (non-hydrogen) atoms. The summed E-state index contributed by atoms with van der Waals surface area (Å²) in [6, 6.07) is 0. The molecular weight excluding hydrogens is 479 g/mol. The number of hydrogen-bond donors (Lipinski definition) is 1. The molecule has 0 aliphatic carbocycles.